The molecule has 0 saturated carbocycles. The zero-order valence-corrected chi connectivity index (χ0v) is 6.31. The van der Waals surface area contributed by atoms with Crippen LogP contribution >= 0.6 is 0 Å². The highest BCUT2D eigenvalue weighted by Gasteiger charge is 1.85. The summed E-state index contributed by atoms with van der Waals surface area (Å²) in [4.78, 5) is 0. The number of rotatable bonds is 1. The molecule has 0 amide bonds. The highest BCUT2D eigenvalue weighted by molar-refractivity contribution is 5.16. The van der Waals surface area contributed by atoms with Crippen molar-refractivity contribution in [2.24, 2.45) is 5.73 Å². The summed E-state index contributed by atoms with van der Waals surface area (Å²) in [6.07, 6.45) is 1.59. The number of hydrogen-bond donors (Lipinski definition) is 2. The molecule has 0 saturated heterocycles. The molecule has 0 rings (SSSR count). The van der Waals surface area contributed by atoms with Gasteiger partial charge in [0, 0.05) is 0 Å². The van der Waals surface area contributed by atoms with E-state index in [1.807, 2.05) is 13.8 Å². The average molecular weight is 129 g/mol. The lowest BCUT2D eigenvalue weighted by Crippen LogP contribution is -1.97. The molecule has 0 fully saturated rings. The summed E-state index contributed by atoms with van der Waals surface area (Å²) in [5.74, 6) is -0.0671. The van der Waals surface area contributed by atoms with Crippen LogP contribution in [-0.4, -0.2) is 5.11 Å². The Labute approximate surface area is 56.7 Å². The quantitative estimate of drug-likeness (QED) is 0.420. The smallest absolute Gasteiger partial charge is 0.130 e. The first-order valence-corrected chi connectivity index (χ1v) is 2.98. The lowest BCUT2D eigenvalue weighted by Gasteiger charge is -1.91. The van der Waals surface area contributed by atoms with E-state index in [0.717, 1.165) is 0 Å². The molecule has 0 aliphatic carbocycles. The number of nitrogens with two attached hydrogens (primary N) is 1. The monoisotopic (exact) mass is 129 g/mol. The van der Waals surface area contributed by atoms with Crippen LogP contribution in [-0.2, 0) is 0 Å². The lowest BCUT2D eigenvalue weighted by molar-refractivity contribution is 0.424. The van der Waals surface area contributed by atoms with Crippen LogP contribution in [0.5, 0.6) is 0 Å². The second-order valence-corrected chi connectivity index (χ2v) is 1.19. The van der Waals surface area contributed by atoms with Crippen LogP contribution in [0, 0.1) is 0 Å². The normalized spacial score (nSPS) is 9.44. The number of aliphatic hydroxyl groups excluding tert-OH is 1. The van der Waals surface area contributed by atoms with Crippen LogP contribution in [0.25, 0.3) is 0 Å². The molecule has 0 unspecified atom stereocenters. The van der Waals surface area contributed by atoms with Gasteiger partial charge >= 0.3 is 0 Å². The number of hydrogen-bond acceptors (Lipinski definition) is 2. The summed E-state index contributed by atoms with van der Waals surface area (Å²) >= 11 is 0. The third-order valence-electron chi connectivity index (χ3n) is 0.644. The van der Waals surface area contributed by atoms with Crippen molar-refractivity contribution in [3.8, 4) is 0 Å². The van der Waals surface area contributed by atoms with E-state index in [1.54, 1.807) is 13.0 Å². The predicted molar refractivity (Wildman–Crippen MR) is 41.1 cm³/mol. The topological polar surface area (TPSA) is 46.2 Å². The van der Waals surface area contributed by atoms with Crippen molar-refractivity contribution in [2.45, 2.75) is 20.8 Å². The minimum atomic E-state index is -0.0671. The second-order valence-electron chi connectivity index (χ2n) is 1.19. The van der Waals surface area contributed by atoms with Gasteiger partial charge in [0.1, 0.15) is 5.76 Å². The number of allylic oxidation sites excluding steroid dienone is 1. The molecule has 2 heteroatoms. The molecule has 0 heterocycles. The van der Waals surface area contributed by atoms with E-state index < -0.39 is 0 Å². The van der Waals surface area contributed by atoms with E-state index >= 15 is 0 Å². The molecule has 0 radical (unpaired) electrons. The third kappa shape index (κ3) is 7.08. The summed E-state index contributed by atoms with van der Waals surface area (Å²) in [6.45, 7) is 8.92. The molecular weight excluding hydrogens is 114 g/mol. The minimum Gasteiger partial charge on any atom is -0.506 e. The van der Waals surface area contributed by atoms with Crippen LogP contribution in [0.2, 0.25) is 0 Å². The first-order valence-electron chi connectivity index (χ1n) is 2.98. The SMILES string of the molecule is C=C(O)/C(N)=C\C.CC. The zero-order valence-electron chi connectivity index (χ0n) is 6.31. The summed E-state index contributed by atoms with van der Waals surface area (Å²) in [5.41, 5.74) is 5.46. The van der Waals surface area contributed by atoms with Gasteiger partial charge in [-0.1, -0.05) is 26.5 Å². The standard InChI is InChI=1S/C5H9NO.C2H6/c1-3-5(6)4(2)7;1-2/h3,7H,2,6H2,1H3;1-2H3/b5-3+;. The second kappa shape index (κ2) is 7.08. The summed E-state index contributed by atoms with van der Waals surface area (Å²) in [5, 5.41) is 8.43. The zero-order chi connectivity index (χ0) is 7.86. The van der Waals surface area contributed by atoms with Crippen molar-refractivity contribution in [1.29, 1.82) is 0 Å². The molecule has 0 spiro atoms. The van der Waals surface area contributed by atoms with Gasteiger partial charge in [-0.3, -0.25) is 0 Å². The molecular formula is C7H15NO. The Morgan fingerprint density at radius 1 is 1.56 bits per heavy atom. The van der Waals surface area contributed by atoms with Crippen molar-refractivity contribution in [2.75, 3.05) is 0 Å². The fourth-order valence-corrected chi connectivity index (χ4v) is 0.167. The average Bonchev–Trinajstić information content (AvgIpc) is 1.91. The molecule has 0 atom stereocenters. The molecule has 0 aliphatic heterocycles. The van der Waals surface area contributed by atoms with Crippen molar-refractivity contribution in [1.82, 2.24) is 0 Å². The lowest BCUT2D eigenvalue weighted by atomic mass is 10.4. The van der Waals surface area contributed by atoms with Crippen LogP contribution in [0.15, 0.2) is 24.1 Å². The van der Waals surface area contributed by atoms with Crippen LogP contribution < -0.4 is 5.73 Å². The molecule has 0 aromatic rings. The Balaban J connectivity index is 0. The Morgan fingerprint density at radius 3 is 1.89 bits per heavy atom. The van der Waals surface area contributed by atoms with Crippen molar-refractivity contribution >= 4 is 0 Å². The van der Waals surface area contributed by atoms with Gasteiger partial charge in [0.05, 0.1) is 5.70 Å². The molecule has 0 bridgehead atoms. The summed E-state index contributed by atoms with van der Waals surface area (Å²) in [7, 11) is 0. The molecule has 54 valence electrons. The Kier molecular flexibility index (Phi) is 8.62. The fourth-order valence-electron chi connectivity index (χ4n) is 0.167. The number of aliphatic hydroxyl groups is 1. The highest BCUT2D eigenvalue weighted by atomic mass is 16.3. The van der Waals surface area contributed by atoms with E-state index in [-0.39, 0.29) is 5.76 Å². The van der Waals surface area contributed by atoms with E-state index in [1.165, 1.54) is 0 Å². The van der Waals surface area contributed by atoms with Crippen molar-refractivity contribution < 1.29 is 5.11 Å². The molecule has 3 N–H and O–H groups in total. The predicted octanol–water partition coefficient (Wildman–Crippen LogP) is 1.95. The maximum absolute atomic E-state index is 8.43. The van der Waals surface area contributed by atoms with Gasteiger partial charge in [-0.05, 0) is 6.92 Å². The summed E-state index contributed by atoms with van der Waals surface area (Å²) < 4.78 is 0. The minimum absolute atomic E-state index is 0.0671. The van der Waals surface area contributed by atoms with Gasteiger partial charge in [-0.2, -0.15) is 0 Å². The first kappa shape index (κ1) is 11.0. The van der Waals surface area contributed by atoms with Gasteiger partial charge in [0.25, 0.3) is 0 Å². The molecule has 0 aromatic carbocycles. The van der Waals surface area contributed by atoms with Gasteiger partial charge in [0.2, 0.25) is 0 Å². The maximum Gasteiger partial charge on any atom is 0.130 e. The van der Waals surface area contributed by atoms with E-state index in [2.05, 4.69) is 6.58 Å². The molecule has 9 heavy (non-hydrogen) atoms. The van der Waals surface area contributed by atoms with Crippen LogP contribution in [0.1, 0.15) is 20.8 Å². The molecule has 0 aliphatic rings. The summed E-state index contributed by atoms with van der Waals surface area (Å²) in [6, 6.07) is 0. The van der Waals surface area contributed by atoms with Gasteiger partial charge in [-0.25, -0.2) is 0 Å². The molecule has 0 aromatic heterocycles. The van der Waals surface area contributed by atoms with Gasteiger partial charge < -0.3 is 10.8 Å². The Hall–Kier alpha value is -0.920. The third-order valence-corrected chi connectivity index (χ3v) is 0.644. The largest absolute Gasteiger partial charge is 0.506 e. The van der Waals surface area contributed by atoms with E-state index in [0.29, 0.717) is 5.70 Å². The van der Waals surface area contributed by atoms with Crippen molar-refractivity contribution in [3.63, 3.8) is 0 Å². The molecule has 2 nitrogen and oxygen atoms in total. The fraction of sp³-hybridized carbons (Fsp3) is 0.429. The highest BCUT2D eigenvalue weighted by Crippen LogP contribution is 1.91. The van der Waals surface area contributed by atoms with Crippen LogP contribution in [0.4, 0.5) is 0 Å². The van der Waals surface area contributed by atoms with Gasteiger partial charge in [0.15, 0.2) is 0 Å². The Bertz CT molecular complexity index is 105. The Morgan fingerprint density at radius 2 is 1.89 bits per heavy atom. The maximum atomic E-state index is 8.43. The van der Waals surface area contributed by atoms with Crippen LogP contribution in [0.3, 0.4) is 0 Å². The first-order chi connectivity index (χ1) is 4.18. The van der Waals surface area contributed by atoms with Gasteiger partial charge in [-0.15, -0.1) is 0 Å². The van der Waals surface area contributed by atoms with E-state index in [9.17, 15) is 0 Å². The van der Waals surface area contributed by atoms with Crippen molar-refractivity contribution in [3.05, 3.63) is 24.1 Å². The van der Waals surface area contributed by atoms with E-state index in [4.69, 9.17) is 10.8 Å².